The zero-order valence-corrected chi connectivity index (χ0v) is 29.3. The molecule has 3 atom stereocenters. The number of carbonyl (C=O) groups excluding carboxylic acids is 2. The highest BCUT2D eigenvalue weighted by molar-refractivity contribution is 7.98. The van der Waals surface area contributed by atoms with Gasteiger partial charge in [0.05, 0.1) is 31.8 Å². The number of methoxy groups -OCH3 is 2. The first kappa shape index (κ1) is 36.3. The van der Waals surface area contributed by atoms with Crippen LogP contribution in [0.1, 0.15) is 55.3 Å². The van der Waals surface area contributed by atoms with E-state index in [4.69, 9.17) is 23.7 Å². The molecule has 0 aromatic heterocycles. The fourth-order valence-electron chi connectivity index (χ4n) is 6.36. The van der Waals surface area contributed by atoms with Gasteiger partial charge in [-0.3, -0.25) is 9.59 Å². The second kappa shape index (κ2) is 16.6. The summed E-state index contributed by atoms with van der Waals surface area (Å²) < 4.78 is 29.4. The molecule has 1 amide bonds. The lowest BCUT2D eigenvalue weighted by Gasteiger charge is -2.24. The average molecular weight is 691 g/mol. The van der Waals surface area contributed by atoms with Crippen LogP contribution in [0, 0.1) is 0 Å². The molecule has 49 heavy (non-hydrogen) atoms. The second-order valence-electron chi connectivity index (χ2n) is 12.1. The van der Waals surface area contributed by atoms with Crippen LogP contribution >= 0.6 is 11.8 Å². The van der Waals surface area contributed by atoms with Crippen molar-refractivity contribution in [3.63, 3.8) is 0 Å². The van der Waals surface area contributed by atoms with Gasteiger partial charge in [0.25, 0.3) is 0 Å². The monoisotopic (exact) mass is 690 g/mol. The number of nitrogens with one attached hydrogen (secondary N) is 2. The Morgan fingerprint density at radius 1 is 1.06 bits per heavy atom. The van der Waals surface area contributed by atoms with Crippen molar-refractivity contribution in [2.45, 2.75) is 75.5 Å². The first-order valence-electron chi connectivity index (χ1n) is 16.4. The van der Waals surface area contributed by atoms with Crippen molar-refractivity contribution in [1.29, 1.82) is 0 Å². The highest BCUT2D eigenvalue weighted by Crippen LogP contribution is 2.50. The van der Waals surface area contributed by atoms with E-state index in [1.54, 1.807) is 18.2 Å². The van der Waals surface area contributed by atoms with Gasteiger partial charge in [0.1, 0.15) is 11.8 Å². The molecular weight excluding hydrogens is 647 g/mol. The van der Waals surface area contributed by atoms with Crippen molar-refractivity contribution in [1.82, 2.24) is 10.5 Å². The lowest BCUT2D eigenvalue weighted by molar-refractivity contribution is -0.136. The number of amides is 1. The van der Waals surface area contributed by atoms with Crippen molar-refractivity contribution in [3.05, 3.63) is 75.4 Å². The van der Waals surface area contributed by atoms with Gasteiger partial charge in [-0.15, -0.1) is 11.8 Å². The summed E-state index contributed by atoms with van der Waals surface area (Å²) in [5, 5.41) is 16.1. The molecular formula is C36H43BN2O9S. The maximum absolute atomic E-state index is 13.8. The standard InChI is InChI=1S/C36H43BN2O9S/c1-21(40)38-27-15-11-23-19-30(34(44-3)35(45-4)33(23)25-14-16-31(49-5)29(41)20-26(25)27)48-36(42)28(39-37(2)43)18-22-9-12-24(13-10-22)47-32-8-6-7-17-46-32/h9-10,12-14,16,19-20,27-28,32,39,43H,6-8,11,15,17-18H2,1-5H3,(H,38,40)/t27-,28?,32?/m0/s1. The SMILES string of the molecule is COc1c(OC(=O)C(Cc2ccc(OC3CCCCO3)cc2)NB(C)O)cc2c(c1OC)-c1ccc(SC)c(=O)cc1[C@@H](NC(C)=O)CC2. The van der Waals surface area contributed by atoms with Crippen molar-refractivity contribution in [3.8, 4) is 34.1 Å². The molecule has 11 nitrogen and oxygen atoms in total. The molecule has 1 fully saturated rings. The Balaban J connectivity index is 1.47. The highest BCUT2D eigenvalue weighted by atomic mass is 32.2. The molecule has 3 aromatic rings. The Morgan fingerprint density at radius 3 is 2.45 bits per heavy atom. The first-order valence-corrected chi connectivity index (χ1v) is 17.6. The Labute approximate surface area is 291 Å². The van der Waals surface area contributed by atoms with E-state index in [0.29, 0.717) is 52.5 Å². The molecule has 0 radical (unpaired) electrons. The van der Waals surface area contributed by atoms with Crippen LogP contribution in [0.25, 0.3) is 11.1 Å². The third kappa shape index (κ3) is 8.77. The zero-order valence-electron chi connectivity index (χ0n) is 28.5. The zero-order chi connectivity index (χ0) is 35.1. The minimum absolute atomic E-state index is 0.144. The molecule has 260 valence electrons. The molecule has 13 heteroatoms. The number of ether oxygens (including phenoxy) is 5. The summed E-state index contributed by atoms with van der Waals surface area (Å²) in [6.07, 6.45) is 5.69. The van der Waals surface area contributed by atoms with E-state index in [-0.39, 0.29) is 35.5 Å². The number of carbonyl (C=O) groups is 2. The average Bonchev–Trinajstić information content (AvgIpc) is 3.32. The Morgan fingerprint density at radius 2 is 1.82 bits per heavy atom. The molecule has 0 bridgehead atoms. The third-order valence-electron chi connectivity index (χ3n) is 8.58. The fourth-order valence-corrected chi connectivity index (χ4v) is 6.83. The summed E-state index contributed by atoms with van der Waals surface area (Å²) in [5.74, 6) is 0.489. The van der Waals surface area contributed by atoms with Crippen molar-refractivity contribution in [2.75, 3.05) is 27.1 Å². The number of benzene rings is 2. The van der Waals surface area contributed by atoms with Crippen LogP contribution in [0.2, 0.25) is 6.82 Å². The van der Waals surface area contributed by atoms with Gasteiger partial charge in [-0.2, -0.15) is 0 Å². The number of hydrogen-bond donors (Lipinski definition) is 3. The predicted octanol–water partition coefficient (Wildman–Crippen LogP) is 4.70. The van der Waals surface area contributed by atoms with Crippen LogP contribution in [0.3, 0.4) is 0 Å². The van der Waals surface area contributed by atoms with E-state index in [9.17, 15) is 19.4 Å². The number of hydrogen-bond acceptors (Lipinski definition) is 11. The van der Waals surface area contributed by atoms with E-state index in [0.717, 1.165) is 30.4 Å². The van der Waals surface area contributed by atoms with Crippen LogP contribution in [0.5, 0.6) is 23.0 Å². The maximum atomic E-state index is 13.8. The highest BCUT2D eigenvalue weighted by Gasteiger charge is 2.32. The van der Waals surface area contributed by atoms with Crippen molar-refractivity contribution in [2.24, 2.45) is 0 Å². The van der Waals surface area contributed by atoms with Crippen LogP contribution < -0.4 is 34.9 Å². The number of rotatable bonds is 12. The van der Waals surface area contributed by atoms with Gasteiger partial charge in [0.2, 0.25) is 11.7 Å². The fraction of sp³-hybridized carbons (Fsp3) is 0.417. The molecule has 0 saturated carbocycles. The third-order valence-corrected chi connectivity index (χ3v) is 9.36. The summed E-state index contributed by atoms with van der Waals surface area (Å²) >= 11 is 1.34. The van der Waals surface area contributed by atoms with Gasteiger partial charge in [-0.1, -0.05) is 18.2 Å². The Bertz CT molecular complexity index is 1710. The second-order valence-corrected chi connectivity index (χ2v) is 13.0. The van der Waals surface area contributed by atoms with Crippen LogP contribution in [-0.4, -0.2) is 63.4 Å². The number of thioether (sulfide) groups is 1. The van der Waals surface area contributed by atoms with E-state index >= 15 is 0 Å². The van der Waals surface area contributed by atoms with Gasteiger partial charge in [0, 0.05) is 18.9 Å². The minimum atomic E-state index is -0.993. The molecule has 1 saturated heterocycles. The summed E-state index contributed by atoms with van der Waals surface area (Å²) in [7, 11) is 1.96. The minimum Gasteiger partial charge on any atom is -0.492 e. The summed E-state index contributed by atoms with van der Waals surface area (Å²) in [6, 6.07) is 13.0. The quantitative estimate of drug-likeness (QED) is 0.105. The van der Waals surface area contributed by atoms with Gasteiger partial charge in [-0.25, -0.2) is 4.79 Å². The van der Waals surface area contributed by atoms with Crippen LogP contribution in [-0.2, 0) is 27.2 Å². The molecule has 0 spiro atoms. The van der Waals surface area contributed by atoms with Gasteiger partial charge < -0.3 is 39.3 Å². The normalized spacial score (nSPS) is 17.4. The molecule has 5 rings (SSSR count). The molecule has 1 aliphatic carbocycles. The van der Waals surface area contributed by atoms with Crippen LogP contribution in [0.4, 0.5) is 0 Å². The summed E-state index contributed by atoms with van der Waals surface area (Å²) in [6.45, 7) is 3.66. The molecule has 3 aromatic carbocycles. The van der Waals surface area contributed by atoms with Crippen molar-refractivity contribution >= 4 is 30.7 Å². The lowest BCUT2D eigenvalue weighted by atomic mass is 9.86. The molecule has 2 aliphatic rings. The summed E-state index contributed by atoms with van der Waals surface area (Å²) in [4.78, 5) is 39.7. The molecule has 1 aliphatic heterocycles. The summed E-state index contributed by atoms with van der Waals surface area (Å²) in [5.41, 5.74) is 3.51. The number of esters is 1. The number of fused-ring (bicyclic) bond motifs is 3. The first-order chi connectivity index (χ1) is 23.6. The molecule has 1 heterocycles. The van der Waals surface area contributed by atoms with E-state index in [1.165, 1.54) is 39.7 Å². The Hall–Kier alpha value is -4.04. The van der Waals surface area contributed by atoms with Crippen LogP contribution in [0.15, 0.2) is 58.2 Å². The topological polar surface area (TPSA) is 142 Å². The maximum Gasteiger partial charge on any atom is 0.374 e. The lowest BCUT2D eigenvalue weighted by Crippen LogP contribution is -2.47. The number of aryl methyl sites for hydroxylation is 1. The molecule has 3 N–H and O–H groups in total. The smallest absolute Gasteiger partial charge is 0.374 e. The molecule has 2 unspecified atom stereocenters. The largest absolute Gasteiger partial charge is 0.492 e. The predicted molar refractivity (Wildman–Crippen MR) is 189 cm³/mol. The van der Waals surface area contributed by atoms with Gasteiger partial charge >= 0.3 is 13.0 Å². The van der Waals surface area contributed by atoms with Gasteiger partial charge in [-0.05, 0) is 97.8 Å². The van der Waals surface area contributed by atoms with E-state index in [1.807, 2.05) is 36.6 Å². The van der Waals surface area contributed by atoms with E-state index < -0.39 is 25.1 Å². The van der Waals surface area contributed by atoms with Gasteiger partial charge in [0.15, 0.2) is 23.2 Å². The van der Waals surface area contributed by atoms with Crippen molar-refractivity contribution < 1.29 is 38.3 Å². The Kier molecular flexibility index (Phi) is 12.3. The van der Waals surface area contributed by atoms with E-state index in [2.05, 4.69) is 10.5 Å².